The highest BCUT2D eigenvalue weighted by molar-refractivity contribution is 5.67. The fourth-order valence-electron chi connectivity index (χ4n) is 1.75. The number of nitrogens with one attached hydrogen (secondary N) is 2. The second-order valence-corrected chi connectivity index (χ2v) is 5.33. The molecule has 1 amide bonds. The lowest BCUT2D eigenvalue weighted by Gasteiger charge is -2.14. The molecule has 19 heavy (non-hydrogen) atoms. The van der Waals surface area contributed by atoms with Gasteiger partial charge in [-0.2, -0.15) is 0 Å². The van der Waals surface area contributed by atoms with Gasteiger partial charge in [-0.05, 0) is 38.5 Å². The Labute approximate surface area is 115 Å². The van der Waals surface area contributed by atoms with Gasteiger partial charge < -0.3 is 15.0 Å². The number of amides is 1. The molecule has 0 fully saturated rings. The lowest BCUT2D eigenvalue weighted by Crippen LogP contribution is -2.33. The molecule has 1 aromatic heterocycles. The van der Waals surface area contributed by atoms with Gasteiger partial charge in [0.1, 0.15) is 0 Å². The highest BCUT2D eigenvalue weighted by Crippen LogP contribution is 2.06. The van der Waals surface area contributed by atoms with Crippen molar-refractivity contribution in [2.45, 2.75) is 52.5 Å². The summed E-state index contributed by atoms with van der Waals surface area (Å²) in [5.41, 5.74) is 1.06. The van der Waals surface area contributed by atoms with Crippen LogP contribution in [0.1, 0.15) is 45.7 Å². The van der Waals surface area contributed by atoms with Crippen molar-refractivity contribution in [3.8, 4) is 0 Å². The molecule has 0 saturated carbocycles. The van der Waals surface area contributed by atoms with Crippen LogP contribution in [0.2, 0.25) is 0 Å². The normalized spacial score (nSPS) is 12.4. The minimum absolute atomic E-state index is 0.169. The van der Waals surface area contributed by atoms with E-state index in [0.717, 1.165) is 31.4 Å². The third-order valence-corrected chi connectivity index (χ3v) is 2.92. The van der Waals surface area contributed by atoms with Crippen LogP contribution in [0, 0.1) is 5.92 Å². The highest BCUT2D eigenvalue weighted by atomic mass is 16.5. The largest absolute Gasteiger partial charge is 0.450 e. The minimum atomic E-state index is -0.319. The maximum atomic E-state index is 11.5. The summed E-state index contributed by atoms with van der Waals surface area (Å²) in [4.78, 5) is 18.5. The van der Waals surface area contributed by atoms with Crippen LogP contribution in [0.3, 0.4) is 0 Å². The Balaban J connectivity index is 2.04. The zero-order chi connectivity index (χ0) is 14.1. The number of imidazole rings is 1. The van der Waals surface area contributed by atoms with Gasteiger partial charge in [0.25, 0.3) is 0 Å². The number of aromatic nitrogens is 2. The van der Waals surface area contributed by atoms with Crippen LogP contribution in [0.15, 0.2) is 12.5 Å². The van der Waals surface area contributed by atoms with Crippen LogP contribution < -0.4 is 5.32 Å². The van der Waals surface area contributed by atoms with E-state index in [-0.39, 0.29) is 12.1 Å². The maximum absolute atomic E-state index is 11.5. The third-order valence-electron chi connectivity index (χ3n) is 2.92. The number of hydrogen-bond donors (Lipinski definition) is 2. The van der Waals surface area contributed by atoms with Crippen molar-refractivity contribution in [1.29, 1.82) is 0 Å². The van der Waals surface area contributed by atoms with Gasteiger partial charge in [-0.15, -0.1) is 0 Å². The lowest BCUT2D eigenvalue weighted by molar-refractivity contribution is 0.140. The van der Waals surface area contributed by atoms with Crippen LogP contribution in [0.25, 0.3) is 0 Å². The van der Waals surface area contributed by atoms with Crippen LogP contribution in [0.5, 0.6) is 0 Å². The van der Waals surface area contributed by atoms with E-state index >= 15 is 0 Å². The quantitative estimate of drug-likeness (QED) is 0.712. The van der Waals surface area contributed by atoms with E-state index in [1.54, 1.807) is 12.5 Å². The number of ether oxygens (including phenoxy) is 1. The molecule has 5 nitrogen and oxygen atoms in total. The molecule has 0 bridgehead atoms. The Morgan fingerprint density at radius 2 is 2.21 bits per heavy atom. The molecule has 1 rings (SSSR count). The Bertz CT molecular complexity index is 350. The van der Waals surface area contributed by atoms with Crippen LogP contribution in [0.4, 0.5) is 4.79 Å². The van der Waals surface area contributed by atoms with Crippen molar-refractivity contribution in [2.24, 2.45) is 5.92 Å². The first-order valence-electron chi connectivity index (χ1n) is 6.98. The summed E-state index contributed by atoms with van der Waals surface area (Å²) in [5, 5.41) is 2.85. The van der Waals surface area contributed by atoms with Crippen molar-refractivity contribution in [3.63, 3.8) is 0 Å². The zero-order valence-corrected chi connectivity index (χ0v) is 12.1. The second-order valence-electron chi connectivity index (χ2n) is 5.33. The van der Waals surface area contributed by atoms with E-state index in [1.165, 1.54) is 0 Å². The van der Waals surface area contributed by atoms with Gasteiger partial charge in [-0.25, -0.2) is 9.78 Å². The number of H-pyrrole nitrogens is 1. The molecule has 1 atom stereocenters. The van der Waals surface area contributed by atoms with Gasteiger partial charge in [-0.1, -0.05) is 13.8 Å². The van der Waals surface area contributed by atoms with Crippen molar-refractivity contribution >= 4 is 6.09 Å². The Hall–Kier alpha value is -1.52. The summed E-state index contributed by atoms with van der Waals surface area (Å²) >= 11 is 0. The summed E-state index contributed by atoms with van der Waals surface area (Å²) in [5.74, 6) is 0.662. The average molecular weight is 267 g/mol. The number of nitrogens with zero attached hydrogens (tertiary/aromatic N) is 1. The van der Waals surface area contributed by atoms with Gasteiger partial charge >= 0.3 is 6.09 Å². The van der Waals surface area contributed by atoms with Crippen LogP contribution in [-0.2, 0) is 11.2 Å². The number of alkyl carbamates (subject to hydrolysis) is 1. The van der Waals surface area contributed by atoms with Crippen molar-refractivity contribution in [3.05, 3.63) is 18.2 Å². The van der Waals surface area contributed by atoms with Crippen LogP contribution in [-0.4, -0.2) is 28.7 Å². The molecule has 0 saturated heterocycles. The fourth-order valence-corrected chi connectivity index (χ4v) is 1.75. The van der Waals surface area contributed by atoms with E-state index in [9.17, 15) is 4.79 Å². The number of rotatable bonds is 8. The molecule has 1 heterocycles. The van der Waals surface area contributed by atoms with Gasteiger partial charge in [-0.3, -0.25) is 0 Å². The first kappa shape index (κ1) is 15.5. The summed E-state index contributed by atoms with van der Waals surface area (Å²) in [7, 11) is 0. The molecule has 0 aliphatic rings. The Morgan fingerprint density at radius 3 is 2.84 bits per heavy atom. The van der Waals surface area contributed by atoms with E-state index in [0.29, 0.717) is 12.5 Å². The molecule has 0 spiro atoms. The molecule has 1 unspecified atom stereocenters. The number of carbonyl (C=O) groups excluding carboxylic acids is 1. The number of aryl methyl sites for hydroxylation is 1. The second kappa shape index (κ2) is 8.56. The van der Waals surface area contributed by atoms with Gasteiger partial charge in [0.15, 0.2) is 0 Å². The van der Waals surface area contributed by atoms with E-state index < -0.39 is 0 Å². The molecule has 0 aliphatic heterocycles. The molecular formula is C14H25N3O2. The third kappa shape index (κ3) is 7.49. The lowest BCUT2D eigenvalue weighted by atomic mass is 10.0. The average Bonchev–Trinajstić information content (AvgIpc) is 2.85. The Kier molecular flexibility index (Phi) is 7.00. The first-order valence-corrected chi connectivity index (χ1v) is 6.98. The smallest absolute Gasteiger partial charge is 0.407 e. The molecule has 0 radical (unpaired) electrons. The molecule has 0 aromatic carbocycles. The summed E-state index contributed by atoms with van der Waals surface area (Å²) in [6.45, 7) is 6.80. The molecule has 108 valence electrons. The molecule has 5 heteroatoms. The SMILES string of the molecule is CC(C)CCC(C)NC(=O)OCCCc1cnc[nH]1. The van der Waals surface area contributed by atoms with E-state index in [4.69, 9.17) is 4.74 Å². The topological polar surface area (TPSA) is 67.0 Å². The maximum Gasteiger partial charge on any atom is 0.407 e. The van der Waals surface area contributed by atoms with E-state index in [1.807, 2.05) is 6.92 Å². The number of carbonyl (C=O) groups is 1. The summed E-state index contributed by atoms with van der Waals surface area (Å²) in [6, 6.07) is 0.169. The van der Waals surface area contributed by atoms with Gasteiger partial charge in [0.2, 0.25) is 0 Å². The van der Waals surface area contributed by atoms with E-state index in [2.05, 4.69) is 29.1 Å². The summed E-state index contributed by atoms with van der Waals surface area (Å²) < 4.78 is 5.13. The van der Waals surface area contributed by atoms with Crippen molar-refractivity contribution in [2.75, 3.05) is 6.61 Å². The highest BCUT2D eigenvalue weighted by Gasteiger charge is 2.08. The molecule has 0 aliphatic carbocycles. The number of aromatic amines is 1. The molecule has 2 N–H and O–H groups in total. The molecular weight excluding hydrogens is 242 g/mol. The minimum Gasteiger partial charge on any atom is -0.450 e. The predicted molar refractivity (Wildman–Crippen MR) is 74.9 cm³/mol. The van der Waals surface area contributed by atoms with Gasteiger partial charge in [0, 0.05) is 17.9 Å². The fraction of sp³-hybridized carbons (Fsp3) is 0.714. The first-order chi connectivity index (χ1) is 9.08. The monoisotopic (exact) mass is 267 g/mol. The summed E-state index contributed by atoms with van der Waals surface area (Å²) in [6.07, 6.45) is 6.86. The van der Waals surface area contributed by atoms with Crippen molar-refractivity contribution < 1.29 is 9.53 Å². The van der Waals surface area contributed by atoms with Gasteiger partial charge in [0.05, 0.1) is 12.9 Å². The zero-order valence-electron chi connectivity index (χ0n) is 12.1. The predicted octanol–water partition coefficient (Wildman–Crippen LogP) is 2.89. The standard InChI is InChI=1S/C14H25N3O2/c1-11(2)6-7-12(3)17-14(18)19-8-4-5-13-9-15-10-16-13/h9-12H,4-8H2,1-3H3,(H,15,16)(H,17,18). The Morgan fingerprint density at radius 1 is 1.42 bits per heavy atom. The number of hydrogen-bond acceptors (Lipinski definition) is 3. The molecule has 1 aromatic rings. The van der Waals surface area contributed by atoms with Crippen molar-refractivity contribution in [1.82, 2.24) is 15.3 Å². The van der Waals surface area contributed by atoms with Crippen LogP contribution >= 0.6 is 0 Å².